The van der Waals surface area contributed by atoms with Crippen LogP contribution in [0.1, 0.15) is 129 Å². The highest BCUT2D eigenvalue weighted by atomic mass is 16.5. The summed E-state index contributed by atoms with van der Waals surface area (Å²) >= 11 is 0. The third kappa shape index (κ3) is 4.64. The first-order valence-corrected chi connectivity index (χ1v) is 19.2. The number of fused-ring (bicyclic) bond motifs is 10. The van der Waals surface area contributed by atoms with Crippen LogP contribution in [0.5, 0.6) is 23.0 Å². The zero-order chi connectivity index (χ0) is 36.4. The molecule has 6 aliphatic rings. The number of ketones is 2. The van der Waals surface area contributed by atoms with Crippen molar-refractivity contribution in [2.24, 2.45) is 45.3 Å². The summed E-state index contributed by atoms with van der Waals surface area (Å²) in [5, 5.41) is 20.4. The van der Waals surface area contributed by atoms with E-state index in [0.717, 1.165) is 80.4 Å². The fraction of sp³-hybridized carbons (Fsp3) is 0.682. The predicted octanol–water partition coefficient (Wildman–Crippen LogP) is 9.27. The van der Waals surface area contributed by atoms with Crippen molar-refractivity contribution in [3.05, 3.63) is 46.5 Å². The number of carbonyl (C=O) groups excluding carboxylic acids is 2. The van der Waals surface area contributed by atoms with Crippen LogP contribution in [0.15, 0.2) is 24.3 Å². The monoisotopic (exact) mass is 684 g/mol. The molecule has 4 fully saturated rings. The number of hydrogen-bond acceptors (Lipinski definition) is 6. The highest BCUT2D eigenvalue weighted by molar-refractivity contribution is 5.86. The maximum Gasteiger partial charge on any atom is 0.138 e. The average Bonchev–Trinajstić information content (AvgIpc) is 3.53. The summed E-state index contributed by atoms with van der Waals surface area (Å²) in [6.45, 7) is 18.2. The van der Waals surface area contributed by atoms with Crippen LogP contribution in [0.3, 0.4) is 0 Å². The molecule has 0 spiro atoms. The molecule has 272 valence electrons. The summed E-state index contributed by atoms with van der Waals surface area (Å²) in [6, 6.07) is 7.56. The van der Waals surface area contributed by atoms with Crippen LogP contribution in [0.2, 0.25) is 0 Å². The molecular weight excluding hydrogens is 624 g/mol. The Bertz CT molecular complexity index is 1750. The van der Waals surface area contributed by atoms with Crippen LogP contribution < -0.4 is 9.47 Å². The largest absolute Gasteiger partial charge is 0.508 e. The van der Waals surface area contributed by atoms with E-state index in [9.17, 15) is 19.8 Å². The Hall–Kier alpha value is -3.02. The highest BCUT2D eigenvalue weighted by Gasteiger charge is 2.65. The Morgan fingerprint density at radius 1 is 0.600 bits per heavy atom. The number of phenolic OH excluding ortho intramolecular Hbond substituents is 2. The summed E-state index contributed by atoms with van der Waals surface area (Å²) in [7, 11) is 3.49. The van der Waals surface area contributed by atoms with Gasteiger partial charge in [0, 0.05) is 57.8 Å². The number of rotatable bonds is 2. The van der Waals surface area contributed by atoms with E-state index in [1.54, 1.807) is 14.2 Å². The van der Waals surface area contributed by atoms with Gasteiger partial charge < -0.3 is 19.7 Å². The Morgan fingerprint density at radius 2 is 1.08 bits per heavy atom. The lowest BCUT2D eigenvalue weighted by molar-refractivity contribution is -0.152. The van der Waals surface area contributed by atoms with E-state index in [1.807, 2.05) is 12.1 Å². The number of methoxy groups -OCH3 is 2. The Kier molecular flexibility index (Phi) is 7.95. The highest BCUT2D eigenvalue weighted by Crippen LogP contribution is 2.69. The molecule has 8 atom stereocenters. The molecule has 0 radical (unpaired) electrons. The number of aromatic hydroxyl groups is 2. The van der Waals surface area contributed by atoms with Gasteiger partial charge in [-0.2, -0.15) is 0 Å². The van der Waals surface area contributed by atoms with E-state index in [2.05, 4.69) is 61.5 Å². The molecule has 2 N–H and O–H groups in total. The summed E-state index contributed by atoms with van der Waals surface area (Å²) in [5.74, 6) is 4.93. The SMILES string of the molecule is CC1(C)C(=O)CC[C@]2(C)[C@H]3Cc4cc(O)cc(O)c4[C@]3(C)CC[C@@H]12.COc1cc2c(c(OC)c1)[C@]1(C)CC[C@H]3C(C)(C)C(=O)CC[C@]3(C)[C@H]1C2. The average molecular weight is 685 g/mol. The molecule has 6 heteroatoms. The fourth-order valence-corrected chi connectivity index (χ4v) is 13.9. The van der Waals surface area contributed by atoms with Gasteiger partial charge in [0.1, 0.15) is 34.6 Å². The lowest BCUT2D eigenvalue weighted by Gasteiger charge is -2.60. The Labute approximate surface area is 299 Å². The van der Waals surface area contributed by atoms with Crippen LogP contribution in [0.4, 0.5) is 0 Å². The fourth-order valence-electron chi connectivity index (χ4n) is 13.9. The normalized spacial score (nSPS) is 38.7. The zero-order valence-corrected chi connectivity index (χ0v) is 32.2. The van der Waals surface area contributed by atoms with Crippen molar-refractivity contribution < 1.29 is 29.3 Å². The first kappa shape index (κ1) is 35.4. The van der Waals surface area contributed by atoms with E-state index in [4.69, 9.17) is 9.47 Å². The van der Waals surface area contributed by atoms with Crippen LogP contribution >= 0.6 is 0 Å². The van der Waals surface area contributed by atoms with E-state index >= 15 is 0 Å². The van der Waals surface area contributed by atoms with Gasteiger partial charge in [0.05, 0.1) is 14.2 Å². The molecule has 0 heterocycles. The van der Waals surface area contributed by atoms with Gasteiger partial charge >= 0.3 is 0 Å². The lowest BCUT2D eigenvalue weighted by Crippen LogP contribution is -2.57. The molecule has 50 heavy (non-hydrogen) atoms. The van der Waals surface area contributed by atoms with Gasteiger partial charge in [0.25, 0.3) is 0 Å². The number of benzene rings is 2. The first-order chi connectivity index (χ1) is 23.3. The van der Waals surface area contributed by atoms with Crippen molar-refractivity contribution in [3.63, 3.8) is 0 Å². The number of Topliss-reactive ketones (excluding diaryl/α,β-unsaturated/α-hetero) is 2. The smallest absolute Gasteiger partial charge is 0.138 e. The minimum Gasteiger partial charge on any atom is -0.508 e. The molecule has 0 saturated heterocycles. The zero-order valence-electron chi connectivity index (χ0n) is 32.2. The minimum absolute atomic E-state index is 0.0607. The van der Waals surface area contributed by atoms with E-state index in [1.165, 1.54) is 17.2 Å². The van der Waals surface area contributed by atoms with E-state index in [-0.39, 0.29) is 44.0 Å². The second kappa shape index (κ2) is 11.2. The summed E-state index contributed by atoms with van der Waals surface area (Å²) in [4.78, 5) is 25.2. The lowest BCUT2D eigenvalue weighted by atomic mass is 9.43. The standard InChI is InChI=1S/C23H32O3.C21H28O3/c1-21(2)17-7-9-23(4)18(22(17,3)10-8-19(21)24)12-14-11-15(25-5)13-16(26-6)20(14)23;1-19(2)15-5-7-21(4)16(20(15,3)8-6-17(19)24)10-12-9-13(22)11-14(23)18(12)21/h11,13,17-18H,7-10,12H2,1-6H3;9,11,15-16,22-23H,5-8,10H2,1-4H3/t17-,18+,22-,23+;15-,16+,20-,21+/m00/s1. The predicted molar refractivity (Wildman–Crippen MR) is 196 cm³/mol. The summed E-state index contributed by atoms with van der Waals surface area (Å²) in [5.41, 5.74) is 4.80. The van der Waals surface area contributed by atoms with Crippen LogP contribution in [0, 0.1) is 45.3 Å². The van der Waals surface area contributed by atoms with Gasteiger partial charge in [0.15, 0.2) is 0 Å². The number of phenols is 2. The van der Waals surface area contributed by atoms with Gasteiger partial charge in [-0.3, -0.25) is 9.59 Å². The molecule has 4 saturated carbocycles. The van der Waals surface area contributed by atoms with Crippen molar-refractivity contribution in [3.8, 4) is 23.0 Å². The van der Waals surface area contributed by atoms with Crippen LogP contribution in [-0.4, -0.2) is 36.0 Å². The molecule has 0 aromatic heterocycles. The molecule has 0 bridgehead atoms. The molecular formula is C44H60O6. The molecule has 6 nitrogen and oxygen atoms in total. The second-order valence-corrected chi connectivity index (χ2v) is 19.2. The molecule has 2 aromatic carbocycles. The van der Waals surface area contributed by atoms with Gasteiger partial charge in [-0.15, -0.1) is 0 Å². The Morgan fingerprint density at radius 3 is 1.56 bits per heavy atom. The molecule has 0 amide bonds. The second-order valence-electron chi connectivity index (χ2n) is 19.2. The number of hydrogen-bond donors (Lipinski definition) is 2. The van der Waals surface area contributed by atoms with Gasteiger partial charge in [-0.1, -0.05) is 55.4 Å². The van der Waals surface area contributed by atoms with Crippen molar-refractivity contribution in [2.75, 3.05) is 14.2 Å². The van der Waals surface area contributed by atoms with E-state index < -0.39 is 0 Å². The molecule has 8 rings (SSSR count). The van der Waals surface area contributed by atoms with Crippen LogP contribution in [0.25, 0.3) is 0 Å². The van der Waals surface area contributed by atoms with Crippen molar-refractivity contribution in [1.82, 2.24) is 0 Å². The Balaban J connectivity index is 0.000000157. The maximum absolute atomic E-state index is 12.7. The quantitative estimate of drug-likeness (QED) is 0.328. The molecule has 0 unspecified atom stereocenters. The number of ether oxygens (including phenoxy) is 2. The third-order valence-electron chi connectivity index (χ3n) is 16.4. The maximum atomic E-state index is 12.7. The first-order valence-electron chi connectivity index (χ1n) is 19.2. The number of carbonyl (C=O) groups is 2. The summed E-state index contributed by atoms with van der Waals surface area (Å²) < 4.78 is 11.3. The van der Waals surface area contributed by atoms with Crippen molar-refractivity contribution in [2.45, 2.75) is 130 Å². The summed E-state index contributed by atoms with van der Waals surface area (Å²) in [6.07, 6.45) is 9.60. The van der Waals surface area contributed by atoms with Crippen molar-refractivity contribution in [1.29, 1.82) is 0 Å². The van der Waals surface area contributed by atoms with Crippen molar-refractivity contribution >= 4 is 11.6 Å². The van der Waals surface area contributed by atoms with Crippen LogP contribution in [-0.2, 0) is 33.3 Å². The third-order valence-corrected chi connectivity index (χ3v) is 16.4. The van der Waals surface area contributed by atoms with Gasteiger partial charge in [0.2, 0.25) is 0 Å². The topological polar surface area (TPSA) is 93.1 Å². The van der Waals surface area contributed by atoms with Gasteiger partial charge in [-0.05, 0) is 109 Å². The molecule has 6 aliphatic carbocycles. The molecule has 0 aliphatic heterocycles. The molecule has 2 aromatic rings. The van der Waals surface area contributed by atoms with E-state index in [0.29, 0.717) is 41.7 Å². The minimum atomic E-state index is -0.257. The van der Waals surface area contributed by atoms with Gasteiger partial charge in [-0.25, -0.2) is 0 Å².